The van der Waals surface area contributed by atoms with E-state index >= 15 is 0 Å². The van der Waals surface area contributed by atoms with Gasteiger partial charge in [0.2, 0.25) is 5.91 Å². The van der Waals surface area contributed by atoms with Crippen LogP contribution in [0.2, 0.25) is 0 Å². The standard InChI is InChI=1S/C23H35N5O4/c1-4-32-16-8-13-24-20(29)17-27-18-28(19-9-6-5-7-10-19)23(21(27)30)11-14-26(15-12-23)22(31)25(2)3/h5-7,9-10H,4,8,11-18H2,1-3H3,(H,24,29). The number of ether oxygens (including phenoxy) is 1. The summed E-state index contributed by atoms with van der Waals surface area (Å²) in [5, 5.41) is 2.88. The minimum absolute atomic E-state index is 0.0267. The van der Waals surface area contributed by atoms with Gasteiger partial charge in [-0.05, 0) is 38.3 Å². The van der Waals surface area contributed by atoms with Gasteiger partial charge in [-0.2, -0.15) is 0 Å². The first-order chi connectivity index (χ1) is 15.4. The zero-order chi connectivity index (χ0) is 23.1. The lowest BCUT2D eigenvalue weighted by molar-refractivity contribution is -0.137. The van der Waals surface area contributed by atoms with Gasteiger partial charge in [0, 0.05) is 52.6 Å². The first kappa shape index (κ1) is 23.8. The van der Waals surface area contributed by atoms with Crippen molar-refractivity contribution in [2.24, 2.45) is 0 Å². The summed E-state index contributed by atoms with van der Waals surface area (Å²) >= 11 is 0. The normalized spacial score (nSPS) is 17.7. The second-order valence-electron chi connectivity index (χ2n) is 8.50. The van der Waals surface area contributed by atoms with Crippen molar-refractivity contribution >= 4 is 23.5 Å². The summed E-state index contributed by atoms with van der Waals surface area (Å²) in [7, 11) is 3.47. The van der Waals surface area contributed by atoms with Crippen LogP contribution in [0.5, 0.6) is 0 Å². The Bertz CT molecular complexity index is 793. The molecule has 0 aromatic heterocycles. The monoisotopic (exact) mass is 445 g/mol. The molecule has 1 aromatic carbocycles. The average molecular weight is 446 g/mol. The molecule has 2 aliphatic heterocycles. The van der Waals surface area contributed by atoms with Gasteiger partial charge in [0.25, 0.3) is 5.91 Å². The van der Waals surface area contributed by atoms with E-state index in [0.717, 1.165) is 12.1 Å². The van der Waals surface area contributed by atoms with Gasteiger partial charge in [-0.15, -0.1) is 0 Å². The number of carbonyl (C=O) groups excluding carboxylic acids is 3. The third kappa shape index (κ3) is 5.15. The quantitative estimate of drug-likeness (QED) is 0.611. The molecule has 2 aliphatic rings. The van der Waals surface area contributed by atoms with E-state index in [1.54, 1.807) is 28.8 Å². The van der Waals surface area contributed by atoms with Crippen molar-refractivity contribution in [2.75, 3.05) is 65.1 Å². The van der Waals surface area contributed by atoms with E-state index in [2.05, 4.69) is 10.2 Å². The maximum absolute atomic E-state index is 13.6. The van der Waals surface area contributed by atoms with Crippen molar-refractivity contribution in [3.05, 3.63) is 30.3 Å². The highest BCUT2D eigenvalue weighted by Crippen LogP contribution is 2.39. The number of rotatable bonds is 8. The van der Waals surface area contributed by atoms with E-state index in [-0.39, 0.29) is 24.4 Å². The van der Waals surface area contributed by atoms with Crippen molar-refractivity contribution in [3.8, 4) is 0 Å². The average Bonchev–Trinajstić information content (AvgIpc) is 3.05. The van der Waals surface area contributed by atoms with Crippen LogP contribution in [0, 0.1) is 0 Å². The third-order valence-electron chi connectivity index (χ3n) is 6.15. The SMILES string of the molecule is CCOCCCNC(=O)CN1CN(c2ccccc2)C2(CCN(C(=O)N(C)C)CC2)C1=O. The molecule has 1 spiro atoms. The van der Waals surface area contributed by atoms with E-state index in [1.165, 1.54) is 0 Å². The topological polar surface area (TPSA) is 85.4 Å². The number of hydrogen-bond acceptors (Lipinski definition) is 5. The Morgan fingerprint density at radius 3 is 2.47 bits per heavy atom. The van der Waals surface area contributed by atoms with Crippen molar-refractivity contribution < 1.29 is 19.1 Å². The Kier molecular flexibility index (Phi) is 7.95. The predicted molar refractivity (Wildman–Crippen MR) is 122 cm³/mol. The van der Waals surface area contributed by atoms with Crippen LogP contribution in [0.15, 0.2) is 30.3 Å². The Hall–Kier alpha value is -2.81. The number of nitrogens with one attached hydrogen (secondary N) is 1. The highest BCUT2D eigenvalue weighted by Gasteiger charge is 2.54. The smallest absolute Gasteiger partial charge is 0.319 e. The van der Waals surface area contributed by atoms with Gasteiger partial charge in [-0.25, -0.2) is 4.79 Å². The fourth-order valence-electron chi connectivity index (χ4n) is 4.45. The Morgan fingerprint density at radius 2 is 1.84 bits per heavy atom. The number of piperidine rings is 1. The zero-order valence-corrected chi connectivity index (χ0v) is 19.4. The number of anilines is 1. The van der Waals surface area contributed by atoms with Gasteiger partial charge < -0.3 is 29.7 Å². The number of benzene rings is 1. The number of urea groups is 1. The van der Waals surface area contributed by atoms with Gasteiger partial charge in [-0.3, -0.25) is 9.59 Å². The second kappa shape index (κ2) is 10.7. The molecule has 9 heteroatoms. The first-order valence-corrected chi connectivity index (χ1v) is 11.3. The molecule has 176 valence electrons. The van der Waals surface area contributed by atoms with E-state index in [0.29, 0.717) is 52.4 Å². The van der Waals surface area contributed by atoms with Crippen molar-refractivity contribution in [2.45, 2.75) is 31.7 Å². The Morgan fingerprint density at radius 1 is 1.16 bits per heavy atom. The molecule has 0 saturated carbocycles. The van der Waals surface area contributed by atoms with Crippen LogP contribution in [0.25, 0.3) is 0 Å². The van der Waals surface area contributed by atoms with Gasteiger partial charge in [0.1, 0.15) is 12.1 Å². The molecule has 2 saturated heterocycles. The molecule has 1 aromatic rings. The van der Waals surface area contributed by atoms with E-state index in [4.69, 9.17) is 4.74 Å². The summed E-state index contributed by atoms with van der Waals surface area (Å²) < 4.78 is 5.29. The molecule has 2 heterocycles. The number of nitrogens with zero attached hydrogens (tertiary/aromatic N) is 4. The first-order valence-electron chi connectivity index (χ1n) is 11.3. The summed E-state index contributed by atoms with van der Waals surface area (Å²) in [6.07, 6.45) is 1.81. The molecule has 4 amide bonds. The highest BCUT2D eigenvalue weighted by molar-refractivity contribution is 5.96. The minimum Gasteiger partial charge on any atom is -0.382 e. The van der Waals surface area contributed by atoms with Crippen LogP contribution in [-0.4, -0.2) is 98.2 Å². The largest absolute Gasteiger partial charge is 0.382 e. The van der Waals surface area contributed by atoms with Crippen LogP contribution in [0.4, 0.5) is 10.5 Å². The summed E-state index contributed by atoms with van der Waals surface area (Å²) in [6, 6.07) is 9.78. The lowest BCUT2D eigenvalue weighted by atomic mass is 9.85. The zero-order valence-electron chi connectivity index (χ0n) is 19.4. The molecular weight excluding hydrogens is 410 g/mol. The number of hydrogen-bond donors (Lipinski definition) is 1. The summed E-state index contributed by atoms with van der Waals surface area (Å²) in [6.45, 7) is 5.11. The summed E-state index contributed by atoms with van der Waals surface area (Å²) in [5.41, 5.74) is 0.215. The summed E-state index contributed by atoms with van der Waals surface area (Å²) in [5.74, 6) is -0.206. The number of carbonyl (C=O) groups is 3. The van der Waals surface area contributed by atoms with E-state index in [9.17, 15) is 14.4 Å². The van der Waals surface area contributed by atoms with Gasteiger partial charge in [0.15, 0.2) is 0 Å². The van der Waals surface area contributed by atoms with Crippen LogP contribution >= 0.6 is 0 Å². The Balaban J connectivity index is 1.70. The number of amides is 4. The lowest BCUT2D eigenvalue weighted by Gasteiger charge is -2.43. The van der Waals surface area contributed by atoms with Crippen LogP contribution in [0.3, 0.4) is 0 Å². The lowest BCUT2D eigenvalue weighted by Crippen LogP contribution is -2.58. The molecular formula is C23H35N5O4. The van der Waals surface area contributed by atoms with Crippen molar-refractivity contribution in [3.63, 3.8) is 0 Å². The molecule has 9 nitrogen and oxygen atoms in total. The van der Waals surface area contributed by atoms with Crippen molar-refractivity contribution in [1.29, 1.82) is 0 Å². The number of para-hydroxylation sites is 1. The van der Waals surface area contributed by atoms with Gasteiger partial charge >= 0.3 is 6.03 Å². The maximum atomic E-state index is 13.6. The third-order valence-corrected chi connectivity index (χ3v) is 6.15. The molecule has 0 unspecified atom stereocenters. The minimum atomic E-state index is -0.736. The molecule has 3 rings (SSSR count). The summed E-state index contributed by atoms with van der Waals surface area (Å²) in [4.78, 5) is 45.6. The second-order valence-corrected chi connectivity index (χ2v) is 8.50. The van der Waals surface area contributed by atoms with Crippen LogP contribution < -0.4 is 10.2 Å². The van der Waals surface area contributed by atoms with Crippen LogP contribution in [0.1, 0.15) is 26.2 Å². The molecule has 1 N–H and O–H groups in total. The molecule has 0 atom stereocenters. The fourth-order valence-corrected chi connectivity index (χ4v) is 4.45. The molecule has 2 fully saturated rings. The van der Waals surface area contributed by atoms with Crippen molar-refractivity contribution in [1.82, 2.24) is 20.0 Å². The predicted octanol–water partition coefficient (Wildman–Crippen LogP) is 1.35. The Labute approximate surface area is 190 Å². The van der Waals surface area contributed by atoms with Crippen LogP contribution in [-0.2, 0) is 14.3 Å². The number of likely N-dealkylation sites (tertiary alicyclic amines) is 1. The highest BCUT2D eigenvalue weighted by atomic mass is 16.5. The fraction of sp³-hybridized carbons (Fsp3) is 0.609. The van der Waals surface area contributed by atoms with E-state index < -0.39 is 5.54 Å². The molecule has 0 bridgehead atoms. The van der Waals surface area contributed by atoms with Gasteiger partial charge in [0.05, 0.1) is 6.67 Å². The molecule has 0 aliphatic carbocycles. The molecule has 0 radical (unpaired) electrons. The maximum Gasteiger partial charge on any atom is 0.319 e. The molecule has 32 heavy (non-hydrogen) atoms. The van der Waals surface area contributed by atoms with Gasteiger partial charge in [-0.1, -0.05) is 18.2 Å². The van der Waals surface area contributed by atoms with E-state index in [1.807, 2.05) is 37.3 Å².